The van der Waals surface area contributed by atoms with Gasteiger partial charge in [0, 0.05) is 6.07 Å². The highest BCUT2D eigenvalue weighted by molar-refractivity contribution is 6.42. The Bertz CT molecular complexity index is 558. The molecule has 0 saturated heterocycles. The molecule has 0 aliphatic heterocycles. The SMILES string of the molecule is O=C(O)CC1(NC(=O)COc2ccc(Cl)c(Cl)c2)CCC1. The highest BCUT2D eigenvalue weighted by Gasteiger charge is 2.40. The Morgan fingerprint density at radius 1 is 1.29 bits per heavy atom. The van der Waals surface area contributed by atoms with E-state index in [9.17, 15) is 9.59 Å². The van der Waals surface area contributed by atoms with Crippen molar-refractivity contribution in [3.8, 4) is 5.75 Å². The summed E-state index contributed by atoms with van der Waals surface area (Å²) >= 11 is 11.6. The van der Waals surface area contributed by atoms with Gasteiger partial charge in [-0.2, -0.15) is 0 Å². The molecule has 0 spiro atoms. The van der Waals surface area contributed by atoms with Crippen LogP contribution in [0.1, 0.15) is 25.7 Å². The van der Waals surface area contributed by atoms with Crippen LogP contribution in [-0.4, -0.2) is 29.1 Å². The van der Waals surface area contributed by atoms with E-state index in [-0.39, 0.29) is 18.9 Å². The first kappa shape index (κ1) is 15.9. The number of carboxylic acid groups (broad SMARTS) is 1. The monoisotopic (exact) mass is 331 g/mol. The fraction of sp³-hybridized carbons (Fsp3) is 0.429. The number of amides is 1. The molecule has 1 aromatic carbocycles. The summed E-state index contributed by atoms with van der Waals surface area (Å²) in [4.78, 5) is 22.7. The van der Waals surface area contributed by atoms with Crippen LogP contribution in [-0.2, 0) is 9.59 Å². The number of ether oxygens (including phenoxy) is 1. The summed E-state index contributed by atoms with van der Waals surface area (Å²) in [5, 5.41) is 12.4. The highest BCUT2D eigenvalue weighted by atomic mass is 35.5. The van der Waals surface area contributed by atoms with Gasteiger partial charge in [-0.25, -0.2) is 0 Å². The molecular formula is C14H15Cl2NO4. The third-order valence-corrected chi connectivity index (χ3v) is 4.20. The van der Waals surface area contributed by atoms with Crippen molar-refractivity contribution in [1.82, 2.24) is 5.32 Å². The van der Waals surface area contributed by atoms with Crippen molar-refractivity contribution in [2.45, 2.75) is 31.2 Å². The summed E-state index contributed by atoms with van der Waals surface area (Å²) in [7, 11) is 0. The van der Waals surface area contributed by atoms with Crippen LogP contribution < -0.4 is 10.1 Å². The van der Waals surface area contributed by atoms with E-state index in [1.807, 2.05) is 0 Å². The maximum atomic E-state index is 11.9. The second-order valence-electron chi connectivity index (χ2n) is 5.12. The lowest BCUT2D eigenvalue weighted by molar-refractivity contribution is -0.140. The molecule has 0 unspecified atom stereocenters. The molecule has 5 nitrogen and oxygen atoms in total. The molecule has 0 bridgehead atoms. The summed E-state index contributed by atoms with van der Waals surface area (Å²) in [6.07, 6.45) is 2.21. The first-order valence-corrected chi connectivity index (χ1v) is 7.26. The first-order valence-electron chi connectivity index (χ1n) is 6.51. The number of benzene rings is 1. The van der Waals surface area contributed by atoms with Crippen LogP contribution in [0.25, 0.3) is 0 Å². The molecule has 114 valence electrons. The Kier molecular flexibility index (Phi) is 4.96. The fourth-order valence-corrected chi connectivity index (χ4v) is 2.57. The predicted octanol–water partition coefficient (Wildman–Crippen LogP) is 2.89. The molecule has 1 aliphatic carbocycles. The van der Waals surface area contributed by atoms with Gasteiger partial charge in [-0.05, 0) is 31.4 Å². The molecule has 1 amide bonds. The Morgan fingerprint density at radius 2 is 2.00 bits per heavy atom. The van der Waals surface area contributed by atoms with E-state index in [2.05, 4.69) is 5.32 Å². The van der Waals surface area contributed by atoms with Crippen molar-refractivity contribution in [2.75, 3.05) is 6.61 Å². The van der Waals surface area contributed by atoms with E-state index in [4.69, 9.17) is 33.0 Å². The Balaban J connectivity index is 1.86. The molecule has 1 aliphatic rings. The molecule has 1 fully saturated rings. The Labute approximate surface area is 132 Å². The third-order valence-electron chi connectivity index (χ3n) is 3.47. The summed E-state index contributed by atoms with van der Waals surface area (Å²) in [5.74, 6) is -0.831. The van der Waals surface area contributed by atoms with Gasteiger partial charge in [0.05, 0.1) is 22.0 Å². The summed E-state index contributed by atoms with van der Waals surface area (Å²) in [6, 6.07) is 4.71. The highest BCUT2D eigenvalue weighted by Crippen LogP contribution is 2.34. The molecular weight excluding hydrogens is 317 g/mol. The Hall–Kier alpha value is -1.46. The largest absolute Gasteiger partial charge is 0.484 e. The van der Waals surface area contributed by atoms with E-state index < -0.39 is 11.5 Å². The lowest BCUT2D eigenvalue weighted by Gasteiger charge is -2.41. The quantitative estimate of drug-likeness (QED) is 0.840. The normalized spacial score (nSPS) is 15.9. The predicted molar refractivity (Wildman–Crippen MR) is 78.9 cm³/mol. The van der Waals surface area contributed by atoms with Crippen molar-refractivity contribution >= 4 is 35.1 Å². The minimum absolute atomic E-state index is 0.0640. The van der Waals surface area contributed by atoms with Gasteiger partial charge >= 0.3 is 5.97 Å². The van der Waals surface area contributed by atoms with E-state index in [0.717, 1.165) is 6.42 Å². The molecule has 1 aromatic rings. The number of halogens is 2. The molecule has 0 aromatic heterocycles. The van der Waals surface area contributed by atoms with Crippen molar-refractivity contribution < 1.29 is 19.4 Å². The number of carboxylic acids is 1. The smallest absolute Gasteiger partial charge is 0.305 e. The topological polar surface area (TPSA) is 75.6 Å². The maximum Gasteiger partial charge on any atom is 0.305 e. The van der Waals surface area contributed by atoms with Crippen LogP contribution in [0.5, 0.6) is 5.75 Å². The van der Waals surface area contributed by atoms with Gasteiger partial charge in [-0.3, -0.25) is 9.59 Å². The standard InChI is InChI=1S/C14H15Cl2NO4/c15-10-3-2-9(6-11(10)16)21-8-12(18)17-14(4-1-5-14)7-13(19)20/h2-3,6H,1,4-5,7-8H2,(H,17,18)(H,19,20). The molecule has 21 heavy (non-hydrogen) atoms. The van der Waals surface area contributed by atoms with Crippen LogP contribution in [0, 0.1) is 0 Å². The van der Waals surface area contributed by atoms with Gasteiger partial charge in [0.2, 0.25) is 0 Å². The zero-order chi connectivity index (χ0) is 15.5. The lowest BCUT2D eigenvalue weighted by Crippen LogP contribution is -2.55. The lowest BCUT2D eigenvalue weighted by atomic mass is 9.74. The average Bonchev–Trinajstić information content (AvgIpc) is 2.37. The summed E-state index contributed by atoms with van der Waals surface area (Å²) in [6.45, 7) is -0.195. The molecule has 0 radical (unpaired) electrons. The number of hydrogen-bond acceptors (Lipinski definition) is 3. The summed E-state index contributed by atoms with van der Waals surface area (Å²) < 4.78 is 5.32. The van der Waals surface area contributed by atoms with Crippen LogP contribution >= 0.6 is 23.2 Å². The number of carbonyl (C=O) groups excluding carboxylic acids is 1. The van der Waals surface area contributed by atoms with Crippen molar-refractivity contribution in [1.29, 1.82) is 0 Å². The fourth-order valence-electron chi connectivity index (χ4n) is 2.29. The average molecular weight is 332 g/mol. The van der Waals surface area contributed by atoms with Crippen LogP contribution in [0.4, 0.5) is 0 Å². The van der Waals surface area contributed by atoms with Crippen LogP contribution in [0.3, 0.4) is 0 Å². The zero-order valence-corrected chi connectivity index (χ0v) is 12.7. The van der Waals surface area contributed by atoms with Crippen LogP contribution in [0.2, 0.25) is 10.0 Å². The number of aliphatic carboxylic acids is 1. The first-order chi connectivity index (χ1) is 9.90. The molecule has 7 heteroatoms. The molecule has 2 rings (SSSR count). The van der Waals surface area contributed by atoms with Crippen molar-refractivity contribution in [2.24, 2.45) is 0 Å². The summed E-state index contributed by atoms with van der Waals surface area (Å²) in [5.41, 5.74) is -0.621. The number of rotatable bonds is 6. The Morgan fingerprint density at radius 3 is 2.52 bits per heavy atom. The van der Waals surface area contributed by atoms with E-state index in [0.29, 0.717) is 28.6 Å². The third kappa shape index (κ3) is 4.25. The maximum absolute atomic E-state index is 11.9. The minimum Gasteiger partial charge on any atom is -0.484 e. The van der Waals surface area contributed by atoms with Crippen molar-refractivity contribution in [3.05, 3.63) is 28.2 Å². The van der Waals surface area contributed by atoms with E-state index in [1.165, 1.54) is 6.07 Å². The van der Waals surface area contributed by atoms with E-state index >= 15 is 0 Å². The molecule has 2 N–H and O–H groups in total. The van der Waals surface area contributed by atoms with Gasteiger partial charge in [0.1, 0.15) is 5.75 Å². The van der Waals surface area contributed by atoms with Gasteiger partial charge in [-0.15, -0.1) is 0 Å². The number of hydrogen-bond donors (Lipinski definition) is 2. The molecule has 1 saturated carbocycles. The van der Waals surface area contributed by atoms with Crippen molar-refractivity contribution in [3.63, 3.8) is 0 Å². The zero-order valence-electron chi connectivity index (χ0n) is 11.2. The van der Waals surface area contributed by atoms with E-state index in [1.54, 1.807) is 12.1 Å². The van der Waals surface area contributed by atoms with Gasteiger partial charge in [0.25, 0.3) is 5.91 Å². The van der Waals surface area contributed by atoms with Crippen LogP contribution in [0.15, 0.2) is 18.2 Å². The van der Waals surface area contributed by atoms with Gasteiger partial charge in [-0.1, -0.05) is 23.2 Å². The number of carbonyl (C=O) groups is 2. The number of nitrogens with one attached hydrogen (secondary N) is 1. The minimum atomic E-state index is -0.916. The molecule has 0 heterocycles. The second kappa shape index (κ2) is 6.54. The second-order valence-corrected chi connectivity index (χ2v) is 5.93. The van der Waals surface area contributed by atoms with Gasteiger partial charge in [0.15, 0.2) is 6.61 Å². The van der Waals surface area contributed by atoms with Gasteiger partial charge < -0.3 is 15.2 Å². The molecule has 0 atom stereocenters.